The third kappa shape index (κ3) is 4.79. The normalized spacial score (nSPS) is 12.1. The number of fused-ring (bicyclic) bond motifs is 1. The van der Waals surface area contributed by atoms with Crippen LogP contribution in [0.5, 0.6) is 0 Å². The summed E-state index contributed by atoms with van der Waals surface area (Å²) in [5.74, 6) is 0.157. The summed E-state index contributed by atoms with van der Waals surface area (Å²) in [5.41, 5.74) is 3.93. The zero-order chi connectivity index (χ0) is 22.7. The van der Waals surface area contributed by atoms with Crippen molar-refractivity contribution in [1.82, 2.24) is 14.5 Å². The van der Waals surface area contributed by atoms with E-state index in [2.05, 4.69) is 10.3 Å². The van der Waals surface area contributed by atoms with Gasteiger partial charge >= 0.3 is 0 Å². The van der Waals surface area contributed by atoms with Crippen LogP contribution >= 0.6 is 23.4 Å². The summed E-state index contributed by atoms with van der Waals surface area (Å²) in [4.78, 5) is 22.5. The monoisotopic (exact) mass is 468 g/mol. The Morgan fingerprint density at radius 1 is 1.22 bits per heavy atom. The molecule has 5 nitrogen and oxygen atoms in total. The number of rotatable bonds is 7. The molecule has 1 amide bonds. The molecule has 0 saturated heterocycles. The molecule has 1 unspecified atom stereocenters. The number of nitrogens with zero attached hydrogens (tertiary/aromatic N) is 3. The molecular weight excluding hydrogens is 447 g/mol. The van der Waals surface area contributed by atoms with Gasteiger partial charge in [-0.2, -0.15) is 0 Å². The quantitative estimate of drug-likeness (QED) is 0.318. The summed E-state index contributed by atoms with van der Waals surface area (Å²) in [6, 6.07) is 15.0. The van der Waals surface area contributed by atoms with Crippen LogP contribution in [0, 0.1) is 12.7 Å². The van der Waals surface area contributed by atoms with E-state index in [1.807, 2.05) is 42.7 Å². The molecule has 1 N–H and O–H groups in total. The second-order valence-electron chi connectivity index (χ2n) is 7.40. The fraction of sp³-hybridized carbons (Fsp3) is 0.208. The van der Waals surface area contributed by atoms with Gasteiger partial charge in [-0.1, -0.05) is 48.5 Å². The van der Waals surface area contributed by atoms with Crippen molar-refractivity contribution in [1.29, 1.82) is 0 Å². The number of carbonyl (C=O) groups is 1. The van der Waals surface area contributed by atoms with Gasteiger partial charge in [-0.05, 0) is 60.9 Å². The Bertz CT molecular complexity index is 1260. The number of hydrogen-bond acceptors (Lipinski definition) is 4. The number of aryl methyl sites for hydroxylation is 1. The lowest BCUT2D eigenvalue weighted by molar-refractivity contribution is -0.119. The number of imidazole rings is 1. The largest absolute Gasteiger partial charge is 0.324 e. The zero-order valence-electron chi connectivity index (χ0n) is 17.7. The van der Waals surface area contributed by atoms with Crippen molar-refractivity contribution in [2.75, 3.05) is 5.32 Å². The topological polar surface area (TPSA) is 59.8 Å². The Balaban J connectivity index is 1.65. The van der Waals surface area contributed by atoms with E-state index in [0.29, 0.717) is 33.7 Å². The molecule has 0 saturated carbocycles. The number of anilines is 1. The molecule has 4 aromatic rings. The minimum atomic E-state index is -0.509. The summed E-state index contributed by atoms with van der Waals surface area (Å²) in [5, 5.41) is 4.26. The summed E-state index contributed by atoms with van der Waals surface area (Å²) >= 11 is 7.71. The fourth-order valence-electron chi connectivity index (χ4n) is 3.40. The Labute approximate surface area is 195 Å². The van der Waals surface area contributed by atoms with Crippen molar-refractivity contribution in [3.63, 3.8) is 0 Å². The summed E-state index contributed by atoms with van der Waals surface area (Å²) in [7, 11) is 0. The van der Waals surface area contributed by atoms with E-state index in [9.17, 15) is 9.18 Å². The highest BCUT2D eigenvalue weighted by molar-refractivity contribution is 7.98. The van der Waals surface area contributed by atoms with E-state index in [1.165, 1.54) is 23.9 Å². The number of nitrogens with one attached hydrogen (secondary N) is 1. The average molecular weight is 469 g/mol. The highest BCUT2D eigenvalue weighted by Gasteiger charge is 2.25. The van der Waals surface area contributed by atoms with Crippen molar-refractivity contribution in [2.24, 2.45) is 0 Å². The maximum absolute atomic E-state index is 13.3. The van der Waals surface area contributed by atoms with Crippen LogP contribution in [-0.4, -0.2) is 20.4 Å². The molecule has 32 heavy (non-hydrogen) atoms. The third-order valence-corrected chi connectivity index (χ3v) is 6.57. The number of hydrogen-bond donors (Lipinski definition) is 1. The smallest absolute Gasteiger partial charge is 0.247 e. The lowest BCUT2D eigenvalue weighted by Crippen LogP contribution is -2.26. The maximum atomic E-state index is 13.3. The standard InChI is InChI=1S/C24H22ClFN4OS/c1-3-21(23(31)28-18-11-6-15(2)19(25)13-18)30-22-20(5-4-12-27-22)29-24(30)32-14-16-7-9-17(26)10-8-16/h4-13,21H,3,14H2,1-2H3,(H,28,31). The Morgan fingerprint density at radius 2 is 2.00 bits per heavy atom. The second-order valence-corrected chi connectivity index (χ2v) is 8.75. The van der Waals surface area contributed by atoms with Gasteiger partial charge in [-0.3, -0.25) is 9.36 Å². The fourth-order valence-corrected chi connectivity index (χ4v) is 4.59. The van der Waals surface area contributed by atoms with Crippen LogP contribution < -0.4 is 5.32 Å². The van der Waals surface area contributed by atoms with Gasteiger partial charge in [0.05, 0.1) is 0 Å². The number of carbonyl (C=O) groups excluding carboxylic acids is 1. The first-order valence-corrected chi connectivity index (χ1v) is 11.6. The van der Waals surface area contributed by atoms with Gasteiger partial charge in [-0.15, -0.1) is 0 Å². The molecule has 0 spiro atoms. The van der Waals surface area contributed by atoms with Gasteiger partial charge < -0.3 is 5.32 Å². The number of thioether (sulfide) groups is 1. The van der Waals surface area contributed by atoms with Gasteiger partial charge in [0.2, 0.25) is 5.91 Å². The van der Waals surface area contributed by atoms with E-state index in [1.54, 1.807) is 24.4 Å². The molecule has 0 aliphatic carbocycles. The first-order chi connectivity index (χ1) is 15.5. The molecule has 1 atom stereocenters. The van der Waals surface area contributed by atoms with E-state index < -0.39 is 6.04 Å². The predicted molar refractivity (Wildman–Crippen MR) is 128 cm³/mol. The first kappa shape index (κ1) is 22.3. The molecule has 0 radical (unpaired) electrons. The number of halogens is 2. The van der Waals surface area contributed by atoms with E-state index >= 15 is 0 Å². The van der Waals surface area contributed by atoms with Crippen LogP contribution in [-0.2, 0) is 10.5 Å². The highest BCUT2D eigenvalue weighted by Crippen LogP contribution is 2.31. The van der Waals surface area contributed by atoms with Crippen molar-refractivity contribution in [2.45, 2.75) is 37.2 Å². The molecule has 4 rings (SSSR count). The molecule has 0 bridgehead atoms. The average Bonchev–Trinajstić information content (AvgIpc) is 3.15. The molecule has 8 heteroatoms. The SMILES string of the molecule is CCC(C(=O)Nc1ccc(C)c(Cl)c1)n1c(SCc2ccc(F)cc2)nc2cccnc21. The van der Waals surface area contributed by atoms with Gasteiger partial charge in [0, 0.05) is 22.7 Å². The first-order valence-electron chi connectivity index (χ1n) is 10.2. The van der Waals surface area contributed by atoms with Crippen LogP contribution in [0.25, 0.3) is 11.2 Å². The lowest BCUT2D eigenvalue weighted by atomic mass is 10.2. The van der Waals surface area contributed by atoms with Crippen LogP contribution in [0.15, 0.2) is 66.0 Å². The summed E-state index contributed by atoms with van der Waals surface area (Å²) in [6.07, 6.45) is 2.25. The molecule has 2 heterocycles. The Kier molecular flexibility index (Phi) is 6.77. The number of pyridine rings is 1. The van der Waals surface area contributed by atoms with Gasteiger partial charge in [0.1, 0.15) is 17.4 Å². The van der Waals surface area contributed by atoms with Crippen LogP contribution in [0.4, 0.5) is 10.1 Å². The minimum Gasteiger partial charge on any atom is -0.324 e. The summed E-state index contributed by atoms with van der Waals surface area (Å²) < 4.78 is 15.1. The molecule has 2 aromatic carbocycles. The van der Waals surface area contributed by atoms with Crippen LogP contribution in [0.2, 0.25) is 5.02 Å². The van der Waals surface area contributed by atoms with Crippen molar-refractivity contribution >= 4 is 46.1 Å². The Hall–Kier alpha value is -2.90. The molecule has 0 aliphatic heterocycles. The molecule has 0 aliphatic rings. The Morgan fingerprint density at radius 3 is 2.72 bits per heavy atom. The number of benzene rings is 2. The van der Waals surface area contributed by atoms with Crippen molar-refractivity contribution in [3.05, 3.63) is 82.8 Å². The van der Waals surface area contributed by atoms with E-state index in [-0.39, 0.29) is 11.7 Å². The van der Waals surface area contributed by atoms with Crippen molar-refractivity contribution in [3.8, 4) is 0 Å². The predicted octanol–water partition coefficient (Wildman–Crippen LogP) is 6.41. The zero-order valence-corrected chi connectivity index (χ0v) is 19.3. The lowest BCUT2D eigenvalue weighted by Gasteiger charge is -2.19. The summed E-state index contributed by atoms with van der Waals surface area (Å²) in [6.45, 7) is 3.87. The van der Waals surface area contributed by atoms with Crippen molar-refractivity contribution < 1.29 is 9.18 Å². The van der Waals surface area contributed by atoms with E-state index in [4.69, 9.17) is 16.6 Å². The van der Waals surface area contributed by atoms with Gasteiger partial charge in [-0.25, -0.2) is 14.4 Å². The molecule has 164 valence electrons. The number of aromatic nitrogens is 3. The molecule has 0 fully saturated rings. The van der Waals surface area contributed by atoms with Gasteiger partial charge in [0.15, 0.2) is 10.8 Å². The third-order valence-electron chi connectivity index (χ3n) is 5.14. The van der Waals surface area contributed by atoms with Crippen LogP contribution in [0.1, 0.15) is 30.5 Å². The van der Waals surface area contributed by atoms with Crippen LogP contribution in [0.3, 0.4) is 0 Å². The second kappa shape index (κ2) is 9.71. The molecule has 2 aromatic heterocycles. The van der Waals surface area contributed by atoms with E-state index in [0.717, 1.165) is 16.6 Å². The number of amides is 1. The highest BCUT2D eigenvalue weighted by atomic mass is 35.5. The molecular formula is C24H22ClFN4OS. The minimum absolute atomic E-state index is 0.166. The maximum Gasteiger partial charge on any atom is 0.247 e. The van der Waals surface area contributed by atoms with Gasteiger partial charge in [0.25, 0.3) is 0 Å².